The Kier molecular flexibility index (Phi) is 6.66. The zero-order valence-electron chi connectivity index (χ0n) is 15.5. The van der Waals surface area contributed by atoms with Crippen molar-refractivity contribution in [3.8, 4) is 11.1 Å². The number of hydrogen-bond donors (Lipinski definition) is 0. The van der Waals surface area contributed by atoms with Crippen LogP contribution in [0.5, 0.6) is 0 Å². The molecule has 1 fully saturated rings. The van der Waals surface area contributed by atoms with E-state index in [2.05, 4.69) is 68.4 Å². The minimum atomic E-state index is 0.0160. The van der Waals surface area contributed by atoms with Gasteiger partial charge in [-0.3, -0.25) is 0 Å². The molecule has 0 saturated heterocycles. The molecule has 0 N–H and O–H groups in total. The van der Waals surface area contributed by atoms with Gasteiger partial charge >= 0.3 is 0 Å². The van der Waals surface area contributed by atoms with Crippen LogP contribution in [0.3, 0.4) is 0 Å². The smallest absolute Gasteiger partial charge is 0.108 e. The normalized spacial score (nSPS) is 16.6. The second-order valence-electron chi connectivity index (χ2n) is 7.11. The van der Waals surface area contributed by atoms with E-state index < -0.39 is 0 Å². The highest BCUT2D eigenvalue weighted by atomic mass is 16.5. The SMILES string of the molecule is CCCCO[C@@H](C)[C@H](OCC1CC1)c1ccc(-c2ccccc2)cc1. The maximum absolute atomic E-state index is 6.27. The van der Waals surface area contributed by atoms with Crippen LogP contribution in [0.25, 0.3) is 11.1 Å². The van der Waals surface area contributed by atoms with E-state index in [-0.39, 0.29) is 12.2 Å². The molecular formula is C23H30O2. The Morgan fingerprint density at radius 3 is 2.24 bits per heavy atom. The fraction of sp³-hybridized carbons (Fsp3) is 0.478. The predicted molar refractivity (Wildman–Crippen MR) is 104 cm³/mol. The van der Waals surface area contributed by atoms with Gasteiger partial charge < -0.3 is 9.47 Å². The summed E-state index contributed by atoms with van der Waals surface area (Å²) in [5, 5.41) is 0. The van der Waals surface area contributed by atoms with Crippen LogP contribution >= 0.6 is 0 Å². The second-order valence-corrected chi connectivity index (χ2v) is 7.11. The Bertz CT molecular complexity index is 616. The molecule has 25 heavy (non-hydrogen) atoms. The van der Waals surface area contributed by atoms with Crippen molar-refractivity contribution in [3.05, 3.63) is 60.2 Å². The summed E-state index contributed by atoms with van der Waals surface area (Å²) < 4.78 is 12.3. The summed E-state index contributed by atoms with van der Waals surface area (Å²) in [7, 11) is 0. The summed E-state index contributed by atoms with van der Waals surface area (Å²) in [6.07, 6.45) is 4.98. The molecule has 1 aliphatic rings. The van der Waals surface area contributed by atoms with E-state index in [1.807, 2.05) is 0 Å². The van der Waals surface area contributed by atoms with Crippen LogP contribution in [-0.2, 0) is 9.47 Å². The van der Waals surface area contributed by atoms with Gasteiger partial charge in [0.05, 0.1) is 12.7 Å². The molecule has 0 aliphatic heterocycles. The Morgan fingerprint density at radius 1 is 0.920 bits per heavy atom. The standard InChI is InChI=1S/C23H30O2/c1-3-4-16-24-18(2)23(25-17-19-10-11-19)22-14-12-21(13-15-22)20-8-6-5-7-9-20/h5-9,12-15,18-19,23H,3-4,10-11,16-17H2,1-2H3/t18-,23-/m0/s1. The maximum Gasteiger partial charge on any atom is 0.108 e. The highest BCUT2D eigenvalue weighted by Gasteiger charge is 2.26. The van der Waals surface area contributed by atoms with E-state index in [0.717, 1.165) is 32.0 Å². The molecule has 1 saturated carbocycles. The first kappa shape index (κ1) is 18.2. The molecule has 0 aromatic heterocycles. The third-order valence-corrected chi connectivity index (χ3v) is 4.86. The summed E-state index contributed by atoms with van der Waals surface area (Å²) >= 11 is 0. The first-order chi connectivity index (χ1) is 12.3. The molecule has 2 aromatic rings. The van der Waals surface area contributed by atoms with E-state index in [1.165, 1.54) is 29.5 Å². The van der Waals surface area contributed by atoms with Gasteiger partial charge in [-0.1, -0.05) is 67.9 Å². The number of rotatable bonds is 10. The molecular weight excluding hydrogens is 308 g/mol. The lowest BCUT2D eigenvalue weighted by atomic mass is 10.00. The van der Waals surface area contributed by atoms with E-state index in [1.54, 1.807) is 0 Å². The fourth-order valence-corrected chi connectivity index (χ4v) is 3.02. The van der Waals surface area contributed by atoms with Gasteiger partial charge in [-0.15, -0.1) is 0 Å². The fourth-order valence-electron chi connectivity index (χ4n) is 3.02. The topological polar surface area (TPSA) is 18.5 Å². The van der Waals surface area contributed by atoms with Crippen molar-refractivity contribution in [3.63, 3.8) is 0 Å². The van der Waals surface area contributed by atoms with E-state index in [4.69, 9.17) is 9.47 Å². The van der Waals surface area contributed by atoms with Crippen LogP contribution in [0.1, 0.15) is 51.2 Å². The maximum atomic E-state index is 6.27. The van der Waals surface area contributed by atoms with Crippen LogP contribution < -0.4 is 0 Å². The van der Waals surface area contributed by atoms with Crippen molar-refractivity contribution in [2.75, 3.05) is 13.2 Å². The van der Waals surface area contributed by atoms with Crippen molar-refractivity contribution < 1.29 is 9.47 Å². The van der Waals surface area contributed by atoms with Gasteiger partial charge in [0.15, 0.2) is 0 Å². The summed E-state index contributed by atoms with van der Waals surface area (Å²) in [6.45, 7) is 5.99. The number of ether oxygens (including phenoxy) is 2. The average molecular weight is 338 g/mol. The van der Waals surface area contributed by atoms with Gasteiger partial charge in [0, 0.05) is 6.61 Å². The van der Waals surface area contributed by atoms with Gasteiger partial charge in [-0.05, 0) is 48.8 Å². The molecule has 0 spiro atoms. The van der Waals surface area contributed by atoms with Crippen LogP contribution in [0, 0.1) is 5.92 Å². The second kappa shape index (κ2) is 9.17. The Balaban J connectivity index is 1.70. The molecule has 1 aliphatic carbocycles. The summed E-state index contributed by atoms with van der Waals surface area (Å²) in [4.78, 5) is 0. The largest absolute Gasteiger partial charge is 0.375 e. The van der Waals surface area contributed by atoms with Gasteiger partial charge in [-0.2, -0.15) is 0 Å². The molecule has 0 unspecified atom stereocenters. The minimum absolute atomic E-state index is 0.0160. The van der Waals surface area contributed by atoms with Crippen LogP contribution in [0.15, 0.2) is 54.6 Å². The zero-order valence-corrected chi connectivity index (χ0v) is 15.5. The average Bonchev–Trinajstić information content (AvgIpc) is 3.48. The molecule has 134 valence electrons. The first-order valence-corrected chi connectivity index (χ1v) is 9.66. The Morgan fingerprint density at radius 2 is 1.60 bits per heavy atom. The molecule has 2 heteroatoms. The zero-order chi connectivity index (χ0) is 17.5. The number of benzene rings is 2. The van der Waals surface area contributed by atoms with Crippen LogP contribution in [-0.4, -0.2) is 19.3 Å². The monoisotopic (exact) mass is 338 g/mol. The van der Waals surface area contributed by atoms with E-state index in [9.17, 15) is 0 Å². The minimum Gasteiger partial charge on any atom is -0.375 e. The third kappa shape index (κ3) is 5.42. The third-order valence-electron chi connectivity index (χ3n) is 4.86. The van der Waals surface area contributed by atoms with Crippen molar-refractivity contribution in [2.24, 2.45) is 5.92 Å². The molecule has 3 rings (SSSR count). The van der Waals surface area contributed by atoms with Gasteiger partial charge in [-0.25, -0.2) is 0 Å². The Hall–Kier alpha value is -1.64. The van der Waals surface area contributed by atoms with Crippen molar-refractivity contribution in [1.82, 2.24) is 0 Å². The van der Waals surface area contributed by atoms with Gasteiger partial charge in [0.25, 0.3) is 0 Å². The summed E-state index contributed by atoms with van der Waals surface area (Å²) in [5.74, 6) is 0.758. The van der Waals surface area contributed by atoms with Crippen LogP contribution in [0.4, 0.5) is 0 Å². The summed E-state index contributed by atoms with van der Waals surface area (Å²) in [6, 6.07) is 19.3. The quantitative estimate of drug-likeness (QED) is 0.493. The number of unbranched alkanes of at least 4 members (excludes halogenated alkanes) is 1. The molecule has 0 amide bonds. The predicted octanol–water partition coefficient (Wildman–Crippen LogP) is 6.03. The van der Waals surface area contributed by atoms with Crippen LogP contribution in [0.2, 0.25) is 0 Å². The Labute approximate surface area is 152 Å². The molecule has 2 aromatic carbocycles. The first-order valence-electron chi connectivity index (χ1n) is 9.66. The van der Waals surface area contributed by atoms with E-state index in [0.29, 0.717) is 0 Å². The van der Waals surface area contributed by atoms with Crippen molar-refractivity contribution in [1.29, 1.82) is 0 Å². The highest BCUT2D eigenvalue weighted by Crippen LogP contribution is 2.33. The lowest BCUT2D eigenvalue weighted by molar-refractivity contribution is -0.0706. The molecule has 2 atom stereocenters. The highest BCUT2D eigenvalue weighted by molar-refractivity contribution is 5.63. The summed E-state index contributed by atoms with van der Waals surface area (Å²) in [5.41, 5.74) is 3.70. The molecule has 0 heterocycles. The number of hydrogen-bond acceptors (Lipinski definition) is 2. The van der Waals surface area contributed by atoms with Gasteiger partial charge in [0.2, 0.25) is 0 Å². The molecule has 0 bridgehead atoms. The molecule has 2 nitrogen and oxygen atoms in total. The van der Waals surface area contributed by atoms with Crippen molar-refractivity contribution >= 4 is 0 Å². The lowest BCUT2D eigenvalue weighted by Gasteiger charge is -2.25. The lowest BCUT2D eigenvalue weighted by Crippen LogP contribution is -2.23. The van der Waals surface area contributed by atoms with Gasteiger partial charge in [0.1, 0.15) is 6.10 Å². The van der Waals surface area contributed by atoms with Crippen molar-refractivity contribution in [2.45, 2.75) is 51.7 Å². The molecule has 0 radical (unpaired) electrons. The van der Waals surface area contributed by atoms with E-state index >= 15 is 0 Å².